The summed E-state index contributed by atoms with van der Waals surface area (Å²) < 4.78 is 5.19. The Morgan fingerprint density at radius 1 is 1.25 bits per heavy atom. The number of nitrogens with zero attached hydrogens (tertiary/aromatic N) is 1. The summed E-state index contributed by atoms with van der Waals surface area (Å²) in [4.78, 5) is 7.70. The maximum Gasteiger partial charge on any atom is 0.201 e. The third kappa shape index (κ3) is 2.51. The van der Waals surface area contributed by atoms with Crippen LogP contribution < -0.4 is 15.8 Å². The molecule has 5 heteroatoms. The number of nitrogens with two attached hydrogens (primary N) is 1. The number of aromatic nitrogens is 2. The Bertz CT molecular complexity index is 736. The van der Waals surface area contributed by atoms with E-state index in [0.717, 1.165) is 34.0 Å². The van der Waals surface area contributed by atoms with E-state index in [1.807, 2.05) is 42.5 Å². The molecule has 0 radical (unpaired) electrons. The molecule has 20 heavy (non-hydrogen) atoms. The van der Waals surface area contributed by atoms with E-state index in [1.54, 1.807) is 7.11 Å². The highest BCUT2D eigenvalue weighted by atomic mass is 16.5. The number of ether oxygens (including phenoxy) is 1. The summed E-state index contributed by atoms with van der Waals surface area (Å²) in [6, 6.07) is 13.5. The van der Waals surface area contributed by atoms with E-state index in [2.05, 4.69) is 15.3 Å². The second kappa shape index (κ2) is 5.13. The van der Waals surface area contributed by atoms with Crippen molar-refractivity contribution in [1.29, 1.82) is 0 Å². The number of hydrogen-bond acceptors (Lipinski definition) is 4. The van der Waals surface area contributed by atoms with Gasteiger partial charge in [-0.15, -0.1) is 0 Å². The molecule has 1 aromatic heterocycles. The molecule has 0 aliphatic rings. The number of nitrogens with one attached hydrogen (secondary N) is 2. The highest BCUT2D eigenvalue weighted by Crippen LogP contribution is 2.20. The lowest BCUT2D eigenvalue weighted by Gasteiger charge is -2.03. The summed E-state index contributed by atoms with van der Waals surface area (Å²) in [5.41, 5.74) is 9.48. The molecule has 0 amide bonds. The zero-order valence-corrected chi connectivity index (χ0v) is 11.2. The van der Waals surface area contributed by atoms with Gasteiger partial charge in [-0.2, -0.15) is 0 Å². The van der Waals surface area contributed by atoms with Crippen molar-refractivity contribution >= 4 is 22.7 Å². The SMILES string of the molecule is COc1ccc2[nH]c(NCc3cccc(N)c3)nc2c1. The standard InChI is InChI=1S/C15H16N4O/c1-20-12-5-6-13-14(8-12)19-15(18-13)17-9-10-3-2-4-11(16)7-10/h2-8H,9,16H2,1H3,(H2,17,18,19). The summed E-state index contributed by atoms with van der Waals surface area (Å²) in [5, 5.41) is 3.25. The predicted octanol–water partition coefficient (Wildman–Crippen LogP) is 2.77. The minimum absolute atomic E-state index is 0.669. The van der Waals surface area contributed by atoms with E-state index in [1.165, 1.54) is 0 Å². The van der Waals surface area contributed by atoms with Crippen LogP contribution in [0.3, 0.4) is 0 Å². The van der Waals surface area contributed by atoms with Crippen molar-refractivity contribution in [2.45, 2.75) is 6.54 Å². The number of rotatable bonds is 4. The summed E-state index contributed by atoms with van der Waals surface area (Å²) in [6.45, 7) is 0.669. The number of H-pyrrole nitrogens is 1. The number of anilines is 2. The molecule has 0 bridgehead atoms. The van der Waals surface area contributed by atoms with Gasteiger partial charge in [0.05, 0.1) is 18.1 Å². The summed E-state index contributed by atoms with van der Waals surface area (Å²) in [7, 11) is 1.65. The van der Waals surface area contributed by atoms with Crippen LogP contribution in [-0.2, 0) is 6.54 Å². The topological polar surface area (TPSA) is 76.0 Å². The van der Waals surface area contributed by atoms with E-state index >= 15 is 0 Å². The van der Waals surface area contributed by atoms with Gasteiger partial charge >= 0.3 is 0 Å². The largest absolute Gasteiger partial charge is 0.497 e. The second-order valence-electron chi connectivity index (χ2n) is 4.57. The maximum absolute atomic E-state index is 5.76. The summed E-state index contributed by atoms with van der Waals surface area (Å²) >= 11 is 0. The monoisotopic (exact) mass is 268 g/mol. The smallest absolute Gasteiger partial charge is 0.201 e. The molecule has 102 valence electrons. The number of imidazole rings is 1. The number of fused-ring (bicyclic) bond motifs is 1. The number of benzene rings is 2. The quantitative estimate of drug-likeness (QED) is 0.636. The van der Waals surface area contributed by atoms with Gasteiger partial charge in [-0.3, -0.25) is 0 Å². The van der Waals surface area contributed by atoms with Gasteiger partial charge in [0, 0.05) is 18.3 Å². The highest BCUT2D eigenvalue weighted by molar-refractivity contribution is 5.79. The Balaban J connectivity index is 1.77. The van der Waals surface area contributed by atoms with Gasteiger partial charge in [0.2, 0.25) is 5.95 Å². The van der Waals surface area contributed by atoms with Gasteiger partial charge in [0.1, 0.15) is 5.75 Å². The van der Waals surface area contributed by atoms with Crippen LogP contribution in [0.4, 0.5) is 11.6 Å². The third-order valence-electron chi connectivity index (χ3n) is 3.10. The molecule has 0 spiro atoms. The normalized spacial score (nSPS) is 10.7. The van der Waals surface area contributed by atoms with Crippen LogP contribution in [0.15, 0.2) is 42.5 Å². The van der Waals surface area contributed by atoms with Crippen LogP contribution >= 0.6 is 0 Å². The Labute approximate surface area is 116 Å². The molecular formula is C15H16N4O. The van der Waals surface area contributed by atoms with Crippen molar-refractivity contribution in [2.75, 3.05) is 18.2 Å². The van der Waals surface area contributed by atoms with Crippen molar-refractivity contribution in [3.8, 4) is 5.75 Å². The Morgan fingerprint density at radius 3 is 2.95 bits per heavy atom. The Morgan fingerprint density at radius 2 is 2.15 bits per heavy atom. The first-order valence-corrected chi connectivity index (χ1v) is 6.36. The predicted molar refractivity (Wildman–Crippen MR) is 80.8 cm³/mol. The van der Waals surface area contributed by atoms with Crippen molar-refractivity contribution < 1.29 is 4.74 Å². The fourth-order valence-electron chi connectivity index (χ4n) is 2.09. The van der Waals surface area contributed by atoms with Crippen LogP contribution in [0, 0.1) is 0 Å². The molecular weight excluding hydrogens is 252 g/mol. The molecule has 0 atom stereocenters. The van der Waals surface area contributed by atoms with Gasteiger partial charge in [-0.05, 0) is 29.8 Å². The number of nitrogen functional groups attached to an aromatic ring is 1. The lowest BCUT2D eigenvalue weighted by atomic mass is 10.2. The molecule has 0 saturated heterocycles. The van der Waals surface area contributed by atoms with Crippen molar-refractivity contribution in [3.05, 3.63) is 48.0 Å². The van der Waals surface area contributed by atoms with Gasteiger partial charge in [-0.25, -0.2) is 4.98 Å². The first kappa shape index (κ1) is 12.3. The zero-order valence-electron chi connectivity index (χ0n) is 11.2. The van der Waals surface area contributed by atoms with Crippen LogP contribution in [-0.4, -0.2) is 17.1 Å². The Kier molecular flexibility index (Phi) is 3.16. The fraction of sp³-hybridized carbons (Fsp3) is 0.133. The van der Waals surface area contributed by atoms with Crippen molar-refractivity contribution in [2.24, 2.45) is 0 Å². The molecule has 0 unspecified atom stereocenters. The first-order valence-electron chi connectivity index (χ1n) is 6.36. The summed E-state index contributed by atoms with van der Waals surface area (Å²) in [6.07, 6.45) is 0. The number of aromatic amines is 1. The number of methoxy groups -OCH3 is 1. The molecule has 3 aromatic rings. The van der Waals surface area contributed by atoms with E-state index in [9.17, 15) is 0 Å². The van der Waals surface area contributed by atoms with E-state index in [0.29, 0.717) is 6.54 Å². The molecule has 2 aromatic carbocycles. The molecule has 1 heterocycles. The Hall–Kier alpha value is -2.69. The van der Waals surface area contributed by atoms with Gasteiger partial charge in [0.25, 0.3) is 0 Å². The van der Waals surface area contributed by atoms with Gasteiger partial charge in [0.15, 0.2) is 0 Å². The van der Waals surface area contributed by atoms with E-state index < -0.39 is 0 Å². The summed E-state index contributed by atoms with van der Waals surface area (Å²) in [5.74, 6) is 1.53. The van der Waals surface area contributed by atoms with Crippen LogP contribution in [0.25, 0.3) is 11.0 Å². The molecule has 4 N–H and O–H groups in total. The number of hydrogen-bond donors (Lipinski definition) is 3. The third-order valence-corrected chi connectivity index (χ3v) is 3.10. The first-order chi connectivity index (χ1) is 9.74. The average Bonchev–Trinajstić information content (AvgIpc) is 2.87. The van der Waals surface area contributed by atoms with Crippen LogP contribution in [0.1, 0.15) is 5.56 Å². The lowest BCUT2D eigenvalue weighted by molar-refractivity contribution is 0.415. The molecule has 0 aliphatic carbocycles. The maximum atomic E-state index is 5.76. The minimum Gasteiger partial charge on any atom is -0.497 e. The van der Waals surface area contributed by atoms with Gasteiger partial charge in [-0.1, -0.05) is 12.1 Å². The second-order valence-corrected chi connectivity index (χ2v) is 4.57. The van der Waals surface area contributed by atoms with Crippen LogP contribution in [0.2, 0.25) is 0 Å². The molecule has 0 fully saturated rings. The molecule has 5 nitrogen and oxygen atoms in total. The van der Waals surface area contributed by atoms with Gasteiger partial charge < -0.3 is 20.8 Å². The van der Waals surface area contributed by atoms with Crippen LogP contribution in [0.5, 0.6) is 5.75 Å². The van der Waals surface area contributed by atoms with E-state index in [-0.39, 0.29) is 0 Å². The fourth-order valence-corrected chi connectivity index (χ4v) is 2.09. The average molecular weight is 268 g/mol. The molecule has 3 rings (SSSR count). The minimum atomic E-state index is 0.669. The van der Waals surface area contributed by atoms with Crippen molar-refractivity contribution in [3.63, 3.8) is 0 Å². The molecule has 0 saturated carbocycles. The van der Waals surface area contributed by atoms with E-state index in [4.69, 9.17) is 10.5 Å². The molecule has 0 aliphatic heterocycles. The lowest BCUT2D eigenvalue weighted by Crippen LogP contribution is -2.01. The highest BCUT2D eigenvalue weighted by Gasteiger charge is 2.04. The zero-order chi connectivity index (χ0) is 13.9. The van der Waals surface area contributed by atoms with Crippen molar-refractivity contribution in [1.82, 2.24) is 9.97 Å².